The largest absolute Gasteiger partial charge is 0.501 e. The summed E-state index contributed by atoms with van der Waals surface area (Å²) in [6, 6.07) is 0. The van der Waals surface area contributed by atoms with E-state index >= 15 is 0 Å². The van der Waals surface area contributed by atoms with Gasteiger partial charge in [-0.2, -0.15) is 0 Å². The molecule has 1 aliphatic heterocycles. The molecule has 8 heteroatoms. The average Bonchev–Trinajstić information content (AvgIpc) is 3.31. The van der Waals surface area contributed by atoms with Gasteiger partial charge < -0.3 is 14.4 Å². The van der Waals surface area contributed by atoms with Gasteiger partial charge >= 0.3 is 0 Å². The van der Waals surface area contributed by atoms with Crippen LogP contribution in [0.15, 0.2) is 47.2 Å². The van der Waals surface area contributed by atoms with Crippen LogP contribution in [0.25, 0.3) is 0 Å². The first kappa shape index (κ1) is 31.6. The number of allylic oxidation sites excluding steroid dienone is 2. The van der Waals surface area contributed by atoms with E-state index in [1.807, 2.05) is 6.08 Å². The second-order valence-electron chi connectivity index (χ2n) is 9.00. The highest BCUT2D eigenvalue weighted by Gasteiger charge is 2.21. The lowest BCUT2D eigenvalue weighted by Gasteiger charge is -2.19. The fourth-order valence-corrected chi connectivity index (χ4v) is 4.00. The van der Waals surface area contributed by atoms with Gasteiger partial charge in [0.15, 0.2) is 0 Å². The molecule has 1 rings (SSSR count). The lowest BCUT2D eigenvalue weighted by molar-refractivity contribution is -0.137. The van der Waals surface area contributed by atoms with Crippen molar-refractivity contribution < 1.29 is 23.9 Å². The minimum atomic E-state index is -0.445. The quantitative estimate of drug-likeness (QED) is 0.103. The van der Waals surface area contributed by atoms with Crippen molar-refractivity contribution in [2.24, 2.45) is 0 Å². The predicted molar refractivity (Wildman–Crippen MR) is 144 cm³/mol. The molecule has 3 amide bonds. The fourth-order valence-electron chi connectivity index (χ4n) is 3.85. The van der Waals surface area contributed by atoms with E-state index in [4.69, 9.17) is 21.1 Å². The van der Waals surface area contributed by atoms with Gasteiger partial charge in [-0.05, 0) is 24.8 Å². The maximum absolute atomic E-state index is 12.6. The number of likely N-dealkylation sites (N-methyl/N-ethyl adjacent to an activating group) is 1. The Morgan fingerprint density at radius 1 is 1.19 bits per heavy atom. The maximum Gasteiger partial charge on any atom is 0.257 e. The summed E-state index contributed by atoms with van der Waals surface area (Å²) in [4.78, 5) is 39.3. The van der Waals surface area contributed by atoms with Crippen molar-refractivity contribution in [2.75, 3.05) is 34.4 Å². The van der Waals surface area contributed by atoms with Crippen LogP contribution in [0.4, 0.5) is 0 Å². The Kier molecular flexibility index (Phi) is 16.6. The number of carbonyl (C=O) groups is 3. The van der Waals surface area contributed by atoms with E-state index in [0.29, 0.717) is 25.1 Å². The van der Waals surface area contributed by atoms with Crippen LogP contribution in [0.2, 0.25) is 0 Å². The summed E-state index contributed by atoms with van der Waals surface area (Å²) >= 11 is 5.99. The third-order valence-electron chi connectivity index (χ3n) is 6.10. The number of nitrogens with zero attached hydrogens (tertiary/aromatic N) is 2. The van der Waals surface area contributed by atoms with Crippen molar-refractivity contribution in [1.82, 2.24) is 9.80 Å². The van der Waals surface area contributed by atoms with Crippen LogP contribution < -0.4 is 0 Å². The molecule has 0 bridgehead atoms. The molecule has 0 unspecified atom stereocenters. The van der Waals surface area contributed by atoms with Crippen molar-refractivity contribution in [2.45, 2.75) is 77.2 Å². The maximum atomic E-state index is 12.6. The van der Waals surface area contributed by atoms with Gasteiger partial charge in [0.1, 0.15) is 5.76 Å². The molecule has 0 aliphatic carbocycles. The van der Waals surface area contributed by atoms with Gasteiger partial charge in [-0.1, -0.05) is 68.9 Å². The number of carbonyl (C=O) groups excluding carboxylic acids is 3. The Labute approximate surface area is 221 Å². The molecule has 7 nitrogen and oxygen atoms in total. The molecule has 0 aromatic rings. The molecule has 36 heavy (non-hydrogen) atoms. The zero-order valence-electron chi connectivity index (χ0n) is 22.3. The molecule has 0 fully saturated rings. The molecule has 0 spiro atoms. The highest BCUT2D eigenvalue weighted by Crippen LogP contribution is 2.16. The van der Waals surface area contributed by atoms with E-state index in [1.54, 1.807) is 25.1 Å². The normalized spacial score (nSPS) is 15.1. The number of ether oxygens (including phenoxy) is 2. The van der Waals surface area contributed by atoms with Gasteiger partial charge in [0.05, 0.1) is 13.2 Å². The van der Waals surface area contributed by atoms with E-state index in [1.165, 1.54) is 56.9 Å². The van der Waals surface area contributed by atoms with Gasteiger partial charge in [-0.3, -0.25) is 19.3 Å². The van der Waals surface area contributed by atoms with Crippen LogP contribution in [0.3, 0.4) is 0 Å². The topological polar surface area (TPSA) is 76.2 Å². The third kappa shape index (κ3) is 12.5. The lowest BCUT2D eigenvalue weighted by Crippen LogP contribution is -2.31. The van der Waals surface area contributed by atoms with Crippen LogP contribution in [0, 0.1) is 0 Å². The smallest absolute Gasteiger partial charge is 0.257 e. The number of halogens is 1. The van der Waals surface area contributed by atoms with E-state index < -0.39 is 5.91 Å². The van der Waals surface area contributed by atoms with Gasteiger partial charge in [0.2, 0.25) is 5.91 Å². The van der Waals surface area contributed by atoms with Crippen LogP contribution in [-0.2, 0) is 23.9 Å². The molecule has 0 aromatic carbocycles. The molecular formula is C28H43ClN2O5. The minimum absolute atomic E-state index is 0.00245. The monoisotopic (exact) mass is 522 g/mol. The molecule has 0 N–H and O–H groups in total. The molecule has 202 valence electrons. The highest BCUT2D eigenvalue weighted by atomic mass is 35.5. The Bertz CT molecular complexity index is 819. The highest BCUT2D eigenvalue weighted by molar-refractivity contribution is 6.25. The summed E-state index contributed by atoms with van der Waals surface area (Å²) < 4.78 is 10.9. The molecule has 1 heterocycles. The summed E-state index contributed by atoms with van der Waals surface area (Å²) in [5, 5.41) is 0. The number of hydrogen-bond donors (Lipinski definition) is 0. The van der Waals surface area contributed by atoms with Crippen molar-refractivity contribution in [3.8, 4) is 0 Å². The second kappa shape index (κ2) is 18.8. The Morgan fingerprint density at radius 3 is 2.56 bits per heavy atom. The van der Waals surface area contributed by atoms with Crippen molar-refractivity contribution in [1.29, 1.82) is 0 Å². The second-order valence-corrected chi connectivity index (χ2v) is 9.22. The fraction of sp³-hybridized carbons (Fsp3) is 0.607. The third-order valence-corrected chi connectivity index (χ3v) is 6.41. The Morgan fingerprint density at radius 2 is 1.94 bits per heavy atom. The summed E-state index contributed by atoms with van der Waals surface area (Å²) in [6.45, 7) is 2.78. The summed E-state index contributed by atoms with van der Waals surface area (Å²) in [5.41, 5.74) is 2.12. The van der Waals surface area contributed by atoms with Gasteiger partial charge in [0, 0.05) is 57.8 Å². The molecular weight excluding hydrogens is 480 g/mol. The van der Waals surface area contributed by atoms with Crippen LogP contribution in [0.1, 0.15) is 71.1 Å². The zero-order valence-corrected chi connectivity index (χ0v) is 23.1. The molecule has 1 aliphatic rings. The predicted octanol–water partition coefficient (Wildman–Crippen LogP) is 5.51. The van der Waals surface area contributed by atoms with E-state index in [-0.39, 0.29) is 30.9 Å². The first-order chi connectivity index (χ1) is 17.4. The average molecular weight is 523 g/mol. The van der Waals surface area contributed by atoms with Gasteiger partial charge in [-0.25, -0.2) is 0 Å². The number of methoxy groups -OCH3 is 2. The van der Waals surface area contributed by atoms with Crippen LogP contribution in [-0.4, -0.2) is 68.0 Å². The standard InChI is InChI=1S/C28H43ClN2O5/c1-5-6-7-8-10-14-24(35-3)15-11-9-12-16-26(32)30(2)22-23(21-29)19-25(36-4)20-28(34)31-18-13-17-27(31)33/h9,11,13,17,20-21,24H,5-8,10,12,14-16,18-19,22H2,1-4H3/b11-9+,23-21-,25-20+/t24-/m0/s1. The Balaban J connectivity index is 2.42. The summed E-state index contributed by atoms with van der Waals surface area (Å²) in [6.07, 6.45) is 18.2. The van der Waals surface area contributed by atoms with Crippen molar-refractivity contribution in [3.05, 3.63) is 47.2 Å². The van der Waals surface area contributed by atoms with Crippen molar-refractivity contribution >= 4 is 29.3 Å². The molecule has 0 saturated carbocycles. The van der Waals surface area contributed by atoms with E-state index in [0.717, 1.165) is 23.3 Å². The molecule has 0 saturated heterocycles. The number of rotatable bonds is 18. The lowest BCUT2D eigenvalue weighted by atomic mass is 10.1. The minimum Gasteiger partial charge on any atom is -0.501 e. The number of imide groups is 1. The van der Waals surface area contributed by atoms with Crippen LogP contribution in [0.5, 0.6) is 0 Å². The number of hydrogen-bond acceptors (Lipinski definition) is 5. The zero-order chi connectivity index (χ0) is 26.8. The summed E-state index contributed by atoms with van der Waals surface area (Å²) in [5.74, 6) is -0.422. The van der Waals surface area contributed by atoms with Crippen molar-refractivity contribution in [3.63, 3.8) is 0 Å². The number of amides is 3. The van der Waals surface area contributed by atoms with Gasteiger partial charge in [-0.15, -0.1) is 0 Å². The van der Waals surface area contributed by atoms with Gasteiger partial charge in [0.25, 0.3) is 11.8 Å². The van der Waals surface area contributed by atoms with E-state index in [2.05, 4.69) is 13.0 Å². The van der Waals surface area contributed by atoms with Crippen LogP contribution >= 0.6 is 11.6 Å². The molecule has 0 radical (unpaired) electrons. The molecule has 0 aromatic heterocycles. The number of unbranched alkanes of at least 4 members (excludes halogenated alkanes) is 4. The summed E-state index contributed by atoms with van der Waals surface area (Å²) in [7, 11) is 4.94. The Hall–Kier alpha value is -2.38. The SMILES string of the molecule is CCCCCCC[C@@H](C/C=C/CCC(=O)N(C)C/C(=C\Cl)C/C(=C\C(=O)N1CC=CC1=O)OC)OC. The first-order valence-electron chi connectivity index (χ1n) is 12.8. The molecule has 1 atom stereocenters. The first-order valence-corrected chi connectivity index (χ1v) is 13.3. The van der Waals surface area contributed by atoms with E-state index in [9.17, 15) is 14.4 Å².